The average molecular weight is 587 g/mol. The number of hydrogen-bond acceptors (Lipinski definition) is 6. The van der Waals surface area contributed by atoms with E-state index in [2.05, 4.69) is 10.3 Å². The van der Waals surface area contributed by atoms with Gasteiger partial charge in [0.25, 0.3) is 5.91 Å². The molecule has 1 saturated heterocycles. The predicted molar refractivity (Wildman–Crippen MR) is 146 cm³/mol. The zero-order valence-corrected chi connectivity index (χ0v) is 24.3. The minimum absolute atomic E-state index is 0.0375. The van der Waals surface area contributed by atoms with Crippen molar-refractivity contribution >= 4 is 27.1 Å². The van der Waals surface area contributed by atoms with Crippen LogP contribution in [0.2, 0.25) is 0 Å². The summed E-state index contributed by atoms with van der Waals surface area (Å²) in [6.45, 7) is 6.15. The van der Waals surface area contributed by atoms with Crippen molar-refractivity contribution in [3.05, 3.63) is 34.5 Å². The Bertz CT molecular complexity index is 1270. The monoisotopic (exact) mass is 586 g/mol. The van der Waals surface area contributed by atoms with E-state index in [0.29, 0.717) is 49.0 Å². The maximum atomic E-state index is 14.2. The molecule has 1 saturated carbocycles. The first-order chi connectivity index (χ1) is 18.2. The van der Waals surface area contributed by atoms with Gasteiger partial charge in [-0.25, -0.2) is 13.4 Å². The molecule has 0 atom stereocenters. The number of amides is 1. The molecule has 1 aliphatic carbocycles. The van der Waals surface area contributed by atoms with Crippen molar-refractivity contribution in [1.82, 2.24) is 10.3 Å². The number of sulfone groups is 1. The van der Waals surface area contributed by atoms with Crippen molar-refractivity contribution in [1.29, 1.82) is 0 Å². The Morgan fingerprint density at radius 1 is 1.08 bits per heavy atom. The summed E-state index contributed by atoms with van der Waals surface area (Å²) in [6.07, 6.45) is 2.47. The summed E-state index contributed by atoms with van der Waals surface area (Å²) in [7, 11) is -4.19. The number of halogens is 3. The highest BCUT2D eigenvalue weighted by molar-refractivity contribution is 7.91. The smallest absolute Gasteiger partial charge is 0.381 e. The second-order valence-corrected chi connectivity index (χ2v) is 14.8. The van der Waals surface area contributed by atoms with Crippen LogP contribution in [0, 0.1) is 11.3 Å². The highest BCUT2D eigenvalue weighted by atomic mass is 32.2. The molecule has 2 aliphatic rings. The molecule has 6 nitrogen and oxygen atoms in total. The maximum Gasteiger partial charge on any atom is 0.417 e. The van der Waals surface area contributed by atoms with Crippen LogP contribution in [-0.4, -0.2) is 44.3 Å². The van der Waals surface area contributed by atoms with Crippen LogP contribution in [0.15, 0.2) is 23.1 Å². The van der Waals surface area contributed by atoms with Gasteiger partial charge in [-0.05, 0) is 48.3 Å². The van der Waals surface area contributed by atoms with E-state index in [0.717, 1.165) is 49.2 Å². The molecule has 1 aliphatic heterocycles. The molecule has 1 N–H and O–H groups in total. The molecule has 39 heavy (non-hydrogen) atoms. The lowest BCUT2D eigenvalue weighted by Crippen LogP contribution is -2.38. The molecule has 2 heterocycles. The summed E-state index contributed by atoms with van der Waals surface area (Å²) in [5.74, 6) is -0.408. The van der Waals surface area contributed by atoms with E-state index in [4.69, 9.17) is 4.74 Å². The third-order valence-electron chi connectivity index (χ3n) is 7.16. The molecular weight excluding hydrogens is 549 g/mol. The summed E-state index contributed by atoms with van der Waals surface area (Å²) in [5, 5.41) is 3.20. The van der Waals surface area contributed by atoms with Gasteiger partial charge in [-0.2, -0.15) is 13.2 Å². The third-order valence-corrected chi connectivity index (χ3v) is 10.6. The molecular formula is C28H37F3N2O4S2. The van der Waals surface area contributed by atoms with E-state index < -0.39 is 37.6 Å². The summed E-state index contributed by atoms with van der Waals surface area (Å²) >= 11 is 1.07. The molecule has 2 aromatic rings. The first kappa shape index (κ1) is 30.0. The maximum absolute atomic E-state index is 14.2. The van der Waals surface area contributed by atoms with Crippen LogP contribution >= 0.6 is 11.3 Å². The molecule has 4 rings (SSSR count). The van der Waals surface area contributed by atoms with E-state index in [1.54, 1.807) is 20.8 Å². The highest BCUT2D eigenvalue weighted by Gasteiger charge is 2.39. The second kappa shape index (κ2) is 11.9. The Labute approximate surface area is 232 Å². The Kier molecular flexibility index (Phi) is 9.12. The number of thiazole rings is 1. The van der Waals surface area contributed by atoms with Crippen LogP contribution in [0.5, 0.6) is 0 Å². The van der Waals surface area contributed by atoms with Crippen molar-refractivity contribution in [2.75, 3.05) is 19.0 Å². The fourth-order valence-electron chi connectivity index (χ4n) is 5.38. The molecule has 11 heteroatoms. The number of alkyl halides is 3. The number of carbonyl (C=O) groups excluding carboxylic acids is 1. The number of hydrogen-bond donors (Lipinski definition) is 1. The SMILES string of the molecule is CC(C)(C)CS(=O)(=O)c1ccc(-c2sc(C(=O)NC3CCOCC3)nc2CC2CCCCC2)cc1C(F)(F)F. The van der Waals surface area contributed by atoms with Gasteiger partial charge in [0.2, 0.25) is 0 Å². The molecule has 0 radical (unpaired) electrons. The first-order valence-electron chi connectivity index (χ1n) is 13.6. The zero-order valence-electron chi connectivity index (χ0n) is 22.7. The minimum atomic E-state index is -4.87. The number of ether oxygens (including phenoxy) is 1. The molecule has 1 amide bonds. The van der Waals surface area contributed by atoms with Crippen molar-refractivity contribution in [2.45, 2.75) is 89.3 Å². The lowest BCUT2D eigenvalue weighted by atomic mass is 9.85. The average Bonchev–Trinajstić information content (AvgIpc) is 3.27. The molecule has 2 fully saturated rings. The van der Waals surface area contributed by atoms with E-state index in [-0.39, 0.29) is 22.5 Å². The minimum Gasteiger partial charge on any atom is -0.381 e. The van der Waals surface area contributed by atoms with Gasteiger partial charge < -0.3 is 10.1 Å². The fourth-order valence-corrected chi connectivity index (χ4v) is 8.45. The summed E-state index contributed by atoms with van der Waals surface area (Å²) in [4.78, 5) is 17.5. The Morgan fingerprint density at radius 3 is 2.36 bits per heavy atom. The van der Waals surface area contributed by atoms with Gasteiger partial charge in [-0.1, -0.05) is 58.9 Å². The van der Waals surface area contributed by atoms with Gasteiger partial charge in [0, 0.05) is 19.3 Å². The van der Waals surface area contributed by atoms with Crippen molar-refractivity contribution in [2.24, 2.45) is 11.3 Å². The van der Waals surface area contributed by atoms with E-state index in [1.165, 1.54) is 12.5 Å². The van der Waals surface area contributed by atoms with Crippen LogP contribution in [0.25, 0.3) is 10.4 Å². The molecule has 0 spiro atoms. The first-order valence-corrected chi connectivity index (χ1v) is 16.0. The number of carbonyl (C=O) groups is 1. The Hall–Kier alpha value is -1.98. The van der Waals surface area contributed by atoms with Crippen LogP contribution in [0.3, 0.4) is 0 Å². The van der Waals surface area contributed by atoms with Gasteiger partial charge in [-0.3, -0.25) is 4.79 Å². The van der Waals surface area contributed by atoms with Gasteiger partial charge in [0.05, 0.1) is 26.8 Å². The Balaban J connectivity index is 1.74. The summed E-state index contributed by atoms with van der Waals surface area (Å²) in [6, 6.07) is 3.35. The van der Waals surface area contributed by atoms with Crippen LogP contribution in [-0.2, 0) is 27.2 Å². The summed E-state index contributed by atoms with van der Waals surface area (Å²) in [5.41, 5.74) is -1.07. The third kappa shape index (κ3) is 7.82. The van der Waals surface area contributed by atoms with Gasteiger partial charge in [0.15, 0.2) is 14.8 Å². The van der Waals surface area contributed by atoms with Crippen LogP contribution in [0.4, 0.5) is 13.2 Å². The van der Waals surface area contributed by atoms with Gasteiger partial charge in [-0.15, -0.1) is 11.3 Å². The predicted octanol–water partition coefficient (Wildman–Crippen LogP) is 6.68. The van der Waals surface area contributed by atoms with E-state index >= 15 is 0 Å². The number of nitrogens with one attached hydrogen (secondary N) is 1. The topological polar surface area (TPSA) is 85.4 Å². The molecule has 1 aromatic carbocycles. The molecule has 1 aromatic heterocycles. The van der Waals surface area contributed by atoms with Crippen molar-refractivity contribution < 1.29 is 31.1 Å². The second-order valence-electron chi connectivity index (χ2n) is 11.9. The van der Waals surface area contributed by atoms with Crippen molar-refractivity contribution in [3.63, 3.8) is 0 Å². The lowest BCUT2D eigenvalue weighted by molar-refractivity contribution is -0.139. The summed E-state index contributed by atoms with van der Waals surface area (Å²) < 4.78 is 74.0. The number of nitrogens with zero attached hydrogens (tertiary/aromatic N) is 1. The number of rotatable bonds is 7. The largest absolute Gasteiger partial charge is 0.417 e. The fraction of sp³-hybridized carbons (Fsp3) is 0.643. The highest BCUT2D eigenvalue weighted by Crippen LogP contribution is 2.41. The molecule has 216 valence electrons. The molecule has 0 unspecified atom stereocenters. The van der Waals surface area contributed by atoms with Crippen molar-refractivity contribution in [3.8, 4) is 10.4 Å². The number of benzene rings is 1. The van der Waals surface area contributed by atoms with E-state index in [1.807, 2.05) is 0 Å². The standard InChI is InChI=1S/C28H37F3N2O4S2/c1-27(2,3)17-39(35,36)23-10-9-19(16-21(23)28(29,30)31)24-22(15-18-7-5-4-6-8-18)33-26(38-24)25(34)32-20-11-13-37-14-12-20/h9-10,16,18,20H,4-8,11-15,17H2,1-3H3,(H,32,34). The number of aromatic nitrogens is 1. The Morgan fingerprint density at radius 2 is 1.74 bits per heavy atom. The molecule has 0 bridgehead atoms. The normalized spacial score (nSPS) is 18.3. The zero-order chi connectivity index (χ0) is 28.4. The quantitative estimate of drug-likeness (QED) is 0.391. The van der Waals surface area contributed by atoms with Crippen LogP contribution < -0.4 is 5.32 Å². The van der Waals surface area contributed by atoms with Gasteiger partial charge in [0.1, 0.15) is 0 Å². The lowest BCUT2D eigenvalue weighted by Gasteiger charge is -2.22. The van der Waals surface area contributed by atoms with Gasteiger partial charge >= 0.3 is 6.18 Å². The van der Waals surface area contributed by atoms with E-state index in [9.17, 15) is 26.4 Å². The van der Waals surface area contributed by atoms with Crippen LogP contribution in [0.1, 0.15) is 86.8 Å².